The van der Waals surface area contributed by atoms with Crippen molar-refractivity contribution in [2.24, 2.45) is 5.92 Å². The smallest absolute Gasteiger partial charge is 0.123 e. The molecule has 4 heteroatoms. The van der Waals surface area contributed by atoms with Gasteiger partial charge in [0.05, 0.1) is 13.2 Å². The maximum absolute atomic E-state index is 13.2. The van der Waals surface area contributed by atoms with Gasteiger partial charge in [0.1, 0.15) is 5.82 Å². The highest BCUT2D eigenvalue weighted by Gasteiger charge is 2.09. The quantitative estimate of drug-likeness (QED) is 0.633. The highest BCUT2D eigenvalue weighted by Crippen LogP contribution is 2.15. The SMILES string of the molecule is CNCC(CCCOCCOC)Cc1cccc(F)c1. The molecule has 0 saturated carbocycles. The molecule has 3 nitrogen and oxygen atoms in total. The van der Waals surface area contributed by atoms with Crippen LogP contribution in [0.4, 0.5) is 4.39 Å². The second-order valence-electron chi connectivity index (χ2n) is 5.01. The van der Waals surface area contributed by atoms with E-state index in [1.807, 2.05) is 13.1 Å². The van der Waals surface area contributed by atoms with E-state index in [1.165, 1.54) is 6.07 Å². The van der Waals surface area contributed by atoms with Crippen molar-refractivity contribution < 1.29 is 13.9 Å². The molecule has 0 radical (unpaired) electrons. The first-order chi connectivity index (χ1) is 9.76. The number of hydrogen-bond acceptors (Lipinski definition) is 3. The van der Waals surface area contributed by atoms with E-state index >= 15 is 0 Å². The number of halogens is 1. The third kappa shape index (κ3) is 7.58. The molecule has 0 heterocycles. The fourth-order valence-electron chi connectivity index (χ4n) is 2.28. The molecule has 0 aliphatic heterocycles. The summed E-state index contributed by atoms with van der Waals surface area (Å²) in [6.45, 7) is 2.99. The van der Waals surface area contributed by atoms with Crippen LogP contribution >= 0.6 is 0 Å². The summed E-state index contributed by atoms with van der Waals surface area (Å²) in [6, 6.07) is 6.87. The fourth-order valence-corrected chi connectivity index (χ4v) is 2.28. The van der Waals surface area contributed by atoms with Crippen molar-refractivity contribution in [3.63, 3.8) is 0 Å². The van der Waals surface area contributed by atoms with E-state index in [0.29, 0.717) is 19.1 Å². The molecule has 0 fully saturated rings. The first-order valence-electron chi connectivity index (χ1n) is 7.22. The summed E-state index contributed by atoms with van der Waals surface area (Å²) in [7, 11) is 3.62. The topological polar surface area (TPSA) is 30.5 Å². The molecular weight excluding hydrogens is 257 g/mol. The fraction of sp³-hybridized carbons (Fsp3) is 0.625. The number of ether oxygens (including phenoxy) is 2. The summed E-state index contributed by atoms with van der Waals surface area (Å²) in [5.74, 6) is 0.349. The largest absolute Gasteiger partial charge is 0.382 e. The van der Waals surface area contributed by atoms with E-state index in [1.54, 1.807) is 19.2 Å². The van der Waals surface area contributed by atoms with E-state index in [0.717, 1.165) is 38.0 Å². The predicted octanol–water partition coefficient (Wildman–Crippen LogP) is 2.65. The number of methoxy groups -OCH3 is 1. The lowest BCUT2D eigenvalue weighted by molar-refractivity contribution is 0.0672. The molecule has 0 aromatic heterocycles. The maximum Gasteiger partial charge on any atom is 0.123 e. The molecule has 1 aromatic carbocycles. The van der Waals surface area contributed by atoms with Crippen molar-refractivity contribution >= 4 is 0 Å². The average Bonchev–Trinajstić information content (AvgIpc) is 2.43. The van der Waals surface area contributed by atoms with E-state index in [2.05, 4.69) is 5.32 Å². The van der Waals surface area contributed by atoms with Crippen molar-refractivity contribution in [2.75, 3.05) is 40.5 Å². The number of nitrogens with one attached hydrogen (secondary N) is 1. The minimum Gasteiger partial charge on any atom is -0.382 e. The Kier molecular flexibility index (Phi) is 9.20. The molecule has 0 saturated heterocycles. The van der Waals surface area contributed by atoms with Gasteiger partial charge >= 0.3 is 0 Å². The van der Waals surface area contributed by atoms with E-state index < -0.39 is 0 Å². The van der Waals surface area contributed by atoms with Crippen LogP contribution in [0, 0.1) is 11.7 Å². The third-order valence-electron chi connectivity index (χ3n) is 3.24. The van der Waals surface area contributed by atoms with Crippen molar-refractivity contribution in [1.29, 1.82) is 0 Å². The van der Waals surface area contributed by atoms with Crippen LogP contribution in [0.2, 0.25) is 0 Å². The van der Waals surface area contributed by atoms with Crippen LogP contribution < -0.4 is 5.32 Å². The van der Waals surface area contributed by atoms with Gasteiger partial charge in [0.2, 0.25) is 0 Å². The predicted molar refractivity (Wildman–Crippen MR) is 79.4 cm³/mol. The Hall–Kier alpha value is -0.970. The molecule has 1 aromatic rings. The normalized spacial score (nSPS) is 12.6. The molecule has 0 bridgehead atoms. The molecular formula is C16H26FNO2. The molecule has 1 atom stereocenters. The lowest BCUT2D eigenvalue weighted by Gasteiger charge is -2.16. The first-order valence-corrected chi connectivity index (χ1v) is 7.22. The van der Waals surface area contributed by atoms with Crippen LogP contribution in [-0.4, -0.2) is 40.5 Å². The van der Waals surface area contributed by atoms with Gasteiger partial charge < -0.3 is 14.8 Å². The van der Waals surface area contributed by atoms with Gasteiger partial charge in [0.15, 0.2) is 0 Å². The van der Waals surface area contributed by atoms with Gasteiger partial charge in [-0.25, -0.2) is 4.39 Å². The van der Waals surface area contributed by atoms with Crippen molar-refractivity contribution in [3.05, 3.63) is 35.6 Å². The van der Waals surface area contributed by atoms with Crippen LogP contribution in [-0.2, 0) is 15.9 Å². The summed E-state index contributed by atoms with van der Waals surface area (Å²) < 4.78 is 23.6. The Morgan fingerprint density at radius 1 is 1.25 bits per heavy atom. The molecule has 0 aliphatic carbocycles. The summed E-state index contributed by atoms with van der Waals surface area (Å²) in [5, 5.41) is 3.21. The van der Waals surface area contributed by atoms with Crippen molar-refractivity contribution in [3.8, 4) is 0 Å². The van der Waals surface area contributed by atoms with E-state index in [-0.39, 0.29) is 5.82 Å². The average molecular weight is 283 g/mol. The van der Waals surface area contributed by atoms with Gasteiger partial charge in [-0.05, 0) is 56.5 Å². The van der Waals surface area contributed by atoms with Crippen LogP contribution in [0.3, 0.4) is 0 Å². The van der Waals surface area contributed by atoms with Gasteiger partial charge in [-0.15, -0.1) is 0 Å². The van der Waals surface area contributed by atoms with Gasteiger partial charge in [0.25, 0.3) is 0 Å². The zero-order valence-corrected chi connectivity index (χ0v) is 12.5. The number of benzene rings is 1. The van der Waals surface area contributed by atoms with Gasteiger partial charge in [-0.2, -0.15) is 0 Å². The van der Waals surface area contributed by atoms with Crippen molar-refractivity contribution in [1.82, 2.24) is 5.32 Å². The van der Waals surface area contributed by atoms with Gasteiger partial charge in [-0.3, -0.25) is 0 Å². The lowest BCUT2D eigenvalue weighted by atomic mass is 9.95. The molecule has 1 rings (SSSR count). The maximum atomic E-state index is 13.2. The minimum atomic E-state index is -0.159. The number of hydrogen-bond donors (Lipinski definition) is 1. The number of rotatable bonds is 11. The van der Waals surface area contributed by atoms with Crippen LogP contribution in [0.25, 0.3) is 0 Å². The molecule has 1 unspecified atom stereocenters. The summed E-state index contributed by atoms with van der Waals surface area (Å²) in [4.78, 5) is 0. The first kappa shape index (κ1) is 17.1. The zero-order chi connectivity index (χ0) is 14.6. The second-order valence-corrected chi connectivity index (χ2v) is 5.01. The highest BCUT2D eigenvalue weighted by molar-refractivity contribution is 5.16. The molecule has 1 N–H and O–H groups in total. The molecule has 114 valence electrons. The van der Waals surface area contributed by atoms with Crippen LogP contribution in [0.1, 0.15) is 18.4 Å². The summed E-state index contributed by atoms with van der Waals surface area (Å²) in [6.07, 6.45) is 2.99. The third-order valence-corrected chi connectivity index (χ3v) is 3.24. The minimum absolute atomic E-state index is 0.159. The monoisotopic (exact) mass is 283 g/mol. The standard InChI is InChI=1S/C16H26FNO2/c1-18-13-15(6-4-8-20-10-9-19-2)11-14-5-3-7-16(17)12-14/h3,5,7,12,15,18H,4,6,8-11,13H2,1-2H3. The molecule has 0 aliphatic rings. The molecule has 20 heavy (non-hydrogen) atoms. The Morgan fingerprint density at radius 3 is 2.80 bits per heavy atom. The highest BCUT2D eigenvalue weighted by atomic mass is 19.1. The summed E-state index contributed by atoms with van der Waals surface area (Å²) >= 11 is 0. The zero-order valence-electron chi connectivity index (χ0n) is 12.5. The molecule has 0 amide bonds. The Balaban J connectivity index is 2.29. The Labute approximate surface area is 121 Å². The lowest BCUT2D eigenvalue weighted by Crippen LogP contribution is -2.21. The van der Waals surface area contributed by atoms with E-state index in [4.69, 9.17) is 9.47 Å². The van der Waals surface area contributed by atoms with Crippen LogP contribution in [0.5, 0.6) is 0 Å². The molecule has 0 spiro atoms. The Bertz CT molecular complexity index is 360. The Morgan fingerprint density at radius 2 is 2.10 bits per heavy atom. The van der Waals surface area contributed by atoms with E-state index in [9.17, 15) is 4.39 Å². The van der Waals surface area contributed by atoms with Crippen molar-refractivity contribution in [2.45, 2.75) is 19.3 Å². The van der Waals surface area contributed by atoms with Crippen LogP contribution in [0.15, 0.2) is 24.3 Å². The second kappa shape index (κ2) is 10.8. The summed E-state index contributed by atoms with van der Waals surface area (Å²) in [5.41, 5.74) is 1.06. The van der Waals surface area contributed by atoms with Gasteiger partial charge in [-0.1, -0.05) is 12.1 Å². The van der Waals surface area contributed by atoms with Gasteiger partial charge in [0, 0.05) is 13.7 Å².